The largest absolute Gasteiger partial charge is 0.466 e. The molecule has 0 heterocycles. The Hall–Kier alpha value is -1.48. The molecule has 0 aliphatic heterocycles. The molecule has 0 aromatic heterocycles. The number of rotatable bonds is 4. The fourth-order valence-electron chi connectivity index (χ4n) is 1.52. The van der Waals surface area contributed by atoms with Gasteiger partial charge in [-0.1, -0.05) is 26.7 Å². The van der Waals surface area contributed by atoms with E-state index in [0.29, 0.717) is 0 Å². The lowest BCUT2D eigenvalue weighted by atomic mass is 10.4. The minimum Gasteiger partial charge on any atom is -0.466 e. The van der Waals surface area contributed by atoms with Gasteiger partial charge in [0.25, 0.3) is 0 Å². The van der Waals surface area contributed by atoms with Gasteiger partial charge in [0.2, 0.25) is 0 Å². The summed E-state index contributed by atoms with van der Waals surface area (Å²) in [5.41, 5.74) is 9.74. The molecule has 0 amide bonds. The molecule has 0 N–H and O–H groups in total. The molecule has 2 aromatic rings. The fraction of sp³-hybridized carbons (Fsp3) is 0. The summed E-state index contributed by atoms with van der Waals surface area (Å²) >= 11 is 11.3. The van der Waals surface area contributed by atoms with Gasteiger partial charge in [0.05, 0.1) is 0 Å². The summed E-state index contributed by atoms with van der Waals surface area (Å²) in [7, 11) is -9.32. The minimum atomic E-state index is -4.66. The van der Waals surface area contributed by atoms with E-state index in [9.17, 15) is 22.4 Å². The van der Waals surface area contributed by atoms with Crippen LogP contribution in [-0.4, -0.2) is 20.3 Å². The van der Waals surface area contributed by atoms with Crippen LogP contribution in [0, 0.1) is 0 Å². The highest BCUT2D eigenvalue weighted by molar-refractivity contribution is 7.97. The Morgan fingerprint density at radius 1 is 0.682 bits per heavy atom. The van der Waals surface area contributed by atoms with Crippen molar-refractivity contribution < 1.29 is 20.3 Å². The zero-order valence-corrected chi connectivity index (χ0v) is 13.9. The minimum absolute atomic E-state index is 0.268. The fourth-order valence-corrected chi connectivity index (χ4v) is 4.65. The molecule has 2 aromatic carbocycles. The molecule has 6 nitrogen and oxygen atoms in total. The van der Waals surface area contributed by atoms with Gasteiger partial charge in [-0.05, 0) is 48.5 Å². The molecule has 0 radical (unpaired) electrons. The summed E-state index contributed by atoms with van der Waals surface area (Å²) in [6, 6.07) is 9.37. The molecule has 0 bridgehead atoms. The van der Waals surface area contributed by atoms with Crippen LogP contribution in [0.1, 0.15) is 0 Å². The Bertz CT molecular complexity index is 845. The standard InChI is InChI=1S/C12H8Cl2N2O4S2/c13-9-1-5-11(6-2-9)21(17,18)16(15)22(19,20)12-7-3-10(14)4-8-12/h1-8H. The molecule has 22 heavy (non-hydrogen) atoms. The Morgan fingerprint density at radius 3 is 1.23 bits per heavy atom. The van der Waals surface area contributed by atoms with E-state index in [2.05, 4.69) is 0 Å². The Morgan fingerprint density at radius 2 is 0.955 bits per heavy atom. The van der Waals surface area contributed by atoms with Crippen LogP contribution < -0.4 is 0 Å². The molecule has 0 spiro atoms. The maximum Gasteiger partial charge on any atom is 0.400 e. The Labute approximate surface area is 137 Å². The van der Waals surface area contributed by atoms with Gasteiger partial charge in [-0.25, -0.2) is 0 Å². The molecular formula is C12H8Cl2N2O4S2. The monoisotopic (exact) mass is 378 g/mol. The third-order valence-electron chi connectivity index (χ3n) is 2.63. The number of sulfonamides is 2. The van der Waals surface area contributed by atoms with Crippen LogP contribution in [0.15, 0.2) is 58.3 Å². The zero-order chi connectivity index (χ0) is 16.5. The van der Waals surface area contributed by atoms with Crippen LogP contribution in [-0.2, 0) is 20.0 Å². The van der Waals surface area contributed by atoms with E-state index in [1.54, 1.807) is 0 Å². The first-order valence-corrected chi connectivity index (χ1v) is 9.30. The van der Waals surface area contributed by atoms with Crippen LogP contribution in [0.5, 0.6) is 0 Å². The van der Waals surface area contributed by atoms with Gasteiger partial charge in [-0.15, -0.1) is 0 Å². The van der Waals surface area contributed by atoms with E-state index >= 15 is 0 Å². The maximum atomic E-state index is 12.2. The zero-order valence-electron chi connectivity index (χ0n) is 10.7. The molecule has 0 aliphatic carbocycles. The van der Waals surface area contributed by atoms with Gasteiger partial charge in [0, 0.05) is 10.0 Å². The number of hydrogen-bond acceptors (Lipinski definition) is 4. The van der Waals surface area contributed by atoms with Gasteiger partial charge in [0.15, 0.2) is 0 Å². The first-order chi connectivity index (χ1) is 10.2. The van der Waals surface area contributed by atoms with Crippen molar-refractivity contribution in [3.63, 3.8) is 0 Å². The summed E-state index contributed by atoms with van der Waals surface area (Å²) in [6.45, 7) is 0. The van der Waals surface area contributed by atoms with Gasteiger partial charge in [0.1, 0.15) is 9.79 Å². The maximum absolute atomic E-state index is 12.2. The lowest BCUT2D eigenvalue weighted by Crippen LogP contribution is -2.25. The predicted octanol–water partition coefficient (Wildman–Crippen LogP) is 3.11. The van der Waals surface area contributed by atoms with Gasteiger partial charge >= 0.3 is 20.0 Å². The van der Waals surface area contributed by atoms with E-state index < -0.39 is 33.3 Å². The average molecular weight is 379 g/mol. The first-order valence-electron chi connectivity index (χ1n) is 5.66. The lowest BCUT2D eigenvalue weighted by Gasteiger charge is -2.07. The number of nitrogens with zero attached hydrogens (tertiary/aromatic N) is 2. The smallest absolute Gasteiger partial charge is 0.400 e. The topological polar surface area (TPSA) is 93.6 Å². The van der Waals surface area contributed by atoms with Crippen LogP contribution in [0.3, 0.4) is 0 Å². The molecule has 0 unspecified atom stereocenters. The van der Waals surface area contributed by atoms with E-state index in [4.69, 9.17) is 23.2 Å². The quantitative estimate of drug-likeness (QED) is 0.603. The Kier molecular flexibility index (Phi) is 4.57. The van der Waals surface area contributed by atoms with Crippen molar-refractivity contribution in [1.82, 2.24) is 0 Å². The molecule has 0 atom stereocenters. The first kappa shape index (κ1) is 16.9. The molecule has 116 valence electrons. The summed E-state index contributed by atoms with van der Waals surface area (Å²) in [5, 5.41) is 0.535. The van der Waals surface area contributed by atoms with Crippen molar-refractivity contribution in [2.45, 2.75) is 9.79 Å². The van der Waals surface area contributed by atoms with Crippen LogP contribution >= 0.6 is 23.2 Å². The highest BCUT2D eigenvalue weighted by atomic mass is 35.5. The van der Waals surface area contributed by atoms with Crippen LogP contribution in [0.2, 0.25) is 10.0 Å². The molecule has 0 saturated heterocycles. The summed E-state index contributed by atoms with van der Waals surface area (Å²) < 4.78 is 48.0. The molecule has 0 aliphatic rings. The summed E-state index contributed by atoms with van der Waals surface area (Å²) in [6.07, 6.45) is 0. The third-order valence-corrected chi connectivity index (χ3v) is 6.87. The lowest BCUT2D eigenvalue weighted by molar-refractivity contribution is -0.204. The highest BCUT2D eigenvalue weighted by Crippen LogP contribution is 2.22. The normalized spacial score (nSPS) is 12.1. The Balaban J connectivity index is 2.50. The highest BCUT2D eigenvalue weighted by Gasteiger charge is 2.35. The third kappa shape index (κ3) is 3.14. The van der Waals surface area contributed by atoms with Crippen molar-refractivity contribution in [3.05, 3.63) is 64.1 Å². The van der Waals surface area contributed by atoms with Crippen molar-refractivity contribution in [2.24, 2.45) is 0 Å². The summed E-state index contributed by atoms with van der Waals surface area (Å²) in [5.74, 6) is 0. The van der Waals surface area contributed by atoms with Crippen LogP contribution in [0.25, 0.3) is 5.53 Å². The van der Waals surface area contributed by atoms with E-state index in [-0.39, 0.29) is 10.0 Å². The number of halogens is 2. The van der Waals surface area contributed by atoms with E-state index in [0.717, 1.165) is 24.3 Å². The van der Waals surface area contributed by atoms with Crippen LogP contribution in [0.4, 0.5) is 0 Å². The van der Waals surface area contributed by atoms with Gasteiger partial charge in [-0.3, -0.25) is 0 Å². The molecular weight excluding hydrogens is 371 g/mol. The second-order valence-corrected chi connectivity index (χ2v) is 8.73. The molecule has 0 fully saturated rings. The van der Waals surface area contributed by atoms with Crippen molar-refractivity contribution in [1.29, 1.82) is 0 Å². The predicted molar refractivity (Wildman–Crippen MR) is 80.9 cm³/mol. The molecule has 10 heteroatoms. The SMILES string of the molecule is [N-]=[N+](S(=O)(=O)c1ccc(Cl)cc1)S(=O)(=O)c1ccc(Cl)cc1. The number of benzene rings is 2. The van der Waals surface area contributed by atoms with Crippen molar-refractivity contribution in [3.8, 4) is 0 Å². The van der Waals surface area contributed by atoms with E-state index in [1.807, 2.05) is 0 Å². The van der Waals surface area contributed by atoms with Crippen molar-refractivity contribution >= 4 is 43.2 Å². The van der Waals surface area contributed by atoms with Gasteiger partial charge < -0.3 is 5.53 Å². The summed E-state index contributed by atoms with van der Waals surface area (Å²) in [4.78, 5) is -0.839. The average Bonchev–Trinajstić information content (AvgIpc) is 2.47. The molecule has 0 saturated carbocycles. The van der Waals surface area contributed by atoms with Crippen molar-refractivity contribution in [2.75, 3.05) is 0 Å². The van der Waals surface area contributed by atoms with E-state index in [1.165, 1.54) is 24.3 Å². The number of hydrogen-bond donors (Lipinski definition) is 0. The van der Waals surface area contributed by atoms with Gasteiger partial charge in [-0.2, -0.15) is 16.8 Å². The second-order valence-electron chi connectivity index (χ2n) is 4.10. The second kappa shape index (κ2) is 5.96. The molecule has 2 rings (SSSR count).